The number of hydrogen-bond donors (Lipinski definition) is 4. The summed E-state index contributed by atoms with van der Waals surface area (Å²) in [6.07, 6.45) is 0.686. The molecule has 144 valence electrons. The molecule has 4 N–H and O–H groups in total. The van der Waals surface area contributed by atoms with E-state index in [1.807, 2.05) is 0 Å². The van der Waals surface area contributed by atoms with E-state index >= 15 is 0 Å². The SMILES string of the molecule is CCC(CC)(c1cc(C)cc(C(CC)(CC)P(=O)(O)O)n1)P(=O)(O)O. The minimum atomic E-state index is -4.53. The molecule has 1 aromatic rings. The fourth-order valence-electron chi connectivity index (χ4n) is 3.49. The van der Waals surface area contributed by atoms with Crippen LogP contribution in [-0.4, -0.2) is 24.6 Å². The van der Waals surface area contributed by atoms with Crippen LogP contribution in [0.3, 0.4) is 0 Å². The molecule has 0 amide bonds. The smallest absolute Gasteiger partial charge is 0.324 e. The zero-order chi connectivity index (χ0) is 19.7. The molecule has 0 radical (unpaired) electrons. The maximum Gasteiger partial charge on any atom is 0.337 e. The van der Waals surface area contributed by atoms with Crippen molar-refractivity contribution < 1.29 is 28.7 Å². The maximum absolute atomic E-state index is 12.2. The molecule has 0 saturated heterocycles. The van der Waals surface area contributed by atoms with E-state index < -0.39 is 25.5 Å². The summed E-state index contributed by atoms with van der Waals surface area (Å²) in [6.45, 7) is 8.47. The Balaban J connectivity index is 3.83. The summed E-state index contributed by atoms with van der Waals surface area (Å²) in [5.41, 5.74) is 1.06. The number of pyridine rings is 1. The van der Waals surface area contributed by atoms with Gasteiger partial charge in [0.15, 0.2) is 0 Å². The third-order valence-corrected chi connectivity index (χ3v) is 9.33. The van der Waals surface area contributed by atoms with Crippen molar-refractivity contribution in [1.82, 2.24) is 4.98 Å². The fraction of sp³-hybridized carbons (Fsp3) is 0.688. The Bertz CT molecular complexity index is 644. The molecule has 7 nitrogen and oxygen atoms in total. The molecule has 0 spiro atoms. The first-order valence-corrected chi connectivity index (χ1v) is 11.7. The summed E-state index contributed by atoms with van der Waals surface area (Å²) < 4.78 is 24.5. The van der Waals surface area contributed by atoms with E-state index in [9.17, 15) is 28.7 Å². The van der Waals surface area contributed by atoms with Gasteiger partial charge in [-0.15, -0.1) is 0 Å². The van der Waals surface area contributed by atoms with E-state index in [1.165, 1.54) is 0 Å². The summed E-state index contributed by atoms with van der Waals surface area (Å²) >= 11 is 0. The van der Waals surface area contributed by atoms with Gasteiger partial charge >= 0.3 is 15.2 Å². The average molecular weight is 393 g/mol. The van der Waals surface area contributed by atoms with Crippen LogP contribution < -0.4 is 0 Å². The van der Waals surface area contributed by atoms with Crippen molar-refractivity contribution in [3.05, 3.63) is 29.1 Å². The van der Waals surface area contributed by atoms with Crippen LogP contribution in [0.5, 0.6) is 0 Å². The molecule has 1 rings (SSSR count). The lowest BCUT2D eigenvalue weighted by atomic mass is 9.92. The lowest BCUT2D eigenvalue weighted by Crippen LogP contribution is -2.30. The van der Waals surface area contributed by atoms with E-state index in [0.717, 1.165) is 0 Å². The molecule has 0 aliphatic carbocycles. The van der Waals surface area contributed by atoms with Crippen LogP contribution in [0.15, 0.2) is 12.1 Å². The van der Waals surface area contributed by atoms with Crippen LogP contribution in [0.25, 0.3) is 0 Å². The highest BCUT2D eigenvalue weighted by Crippen LogP contribution is 2.63. The monoisotopic (exact) mass is 393 g/mol. The zero-order valence-corrected chi connectivity index (χ0v) is 17.2. The highest BCUT2D eigenvalue weighted by Gasteiger charge is 2.50. The zero-order valence-electron chi connectivity index (χ0n) is 15.4. The first kappa shape index (κ1) is 22.5. The van der Waals surface area contributed by atoms with Crippen molar-refractivity contribution in [3.8, 4) is 0 Å². The Hall–Kier alpha value is -0.550. The van der Waals surface area contributed by atoms with Gasteiger partial charge < -0.3 is 19.6 Å². The van der Waals surface area contributed by atoms with E-state index in [1.54, 1.807) is 46.8 Å². The molecule has 0 aliphatic rings. The lowest BCUT2D eigenvalue weighted by Gasteiger charge is -2.36. The second kappa shape index (κ2) is 7.59. The summed E-state index contributed by atoms with van der Waals surface area (Å²) in [4.78, 5) is 44.2. The summed E-state index contributed by atoms with van der Waals surface area (Å²) in [5, 5.41) is -2.92. The van der Waals surface area contributed by atoms with Crippen LogP contribution in [0, 0.1) is 6.92 Å². The molecule has 0 atom stereocenters. The van der Waals surface area contributed by atoms with Crippen molar-refractivity contribution in [2.45, 2.75) is 70.6 Å². The predicted octanol–water partition coefficient (Wildman–Crippen LogP) is 3.78. The molecule has 9 heteroatoms. The van der Waals surface area contributed by atoms with Gasteiger partial charge in [-0.2, -0.15) is 0 Å². The van der Waals surface area contributed by atoms with Gasteiger partial charge in [0, 0.05) is 0 Å². The molecule has 0 aliphatic heterocycles. The average Bonchev–Trinajstić information content (AvgIpc) is 2.47. The van der Waals surface area contributed by atoms with Crippen LogP contribution in [0.2, 0.25) is 0 Å². The van der Waals surface area contributed by atoms with Crippen molar-refractivity contribution >= 4 is 15.2 Å². The Morgan fingerprint density at radius 3 is 1.28 bits per heavy atom. The molecule has 0 unspecified atom stereocenters. The van der Waals surface area contributed by atoms with Gasteiger partial charge in [0.2, 0.25) is 0 Å². The Morgan fingerprint density at radius 2 is 1.08 bits per heavy atom. The van der Waals surface area contributed by atoms with Crippen LogP contribution in [0.4, 0.5) is 0 Å². The largest absolute Gasteiger partial charge is 0.337 e. The molecular formula is C16H29NO6P2. The topological polar surface area (TPSA) is 128 Å². The van der Waals surface area contributed by atoms with Crippen molar-refractivity contribution in [2.24, 2.45) is 0 Å². The number of aromatic nitrogens is 1. The Labute approximate surface area is 149 Å². The lowest BCUT2D eigenvalue weighted by molar-refractivity contribution is 0.307. The molecule has 1 aromatic heterocycles. The number of aryl methyl sites for hydroxylation is 1. The first-order chi connectivity index (χ1) is 11.3. The second-order valence-electron chi connectivity index (χ2n) is 6.48. The highest BCUT2D eigenvalue weighted by atomic mass is 31.2. The second-order valence-corrected chi connectivity index (χ2v) is 10.4. The highest BCUT2D eigenvalue weighted by molar-refractivity contribution is 7.53. The summed E-state index contributed by atoms with van der Waals surface area (Å²) in [7, 11) is -9.07. The maximum atomic E-state index is 12.2. The summed E-state index contributed by atoms with van der Waals surface area (Å²) in [5.74, 6) is 0. The first-order valence-electron chi connectivity index (χ1n) is 8.46. The predicted molar refractivity (Wildman–Crippen MR) is 97.6 cm³/mol. The van der Waals surface area contributed by atoms with Gasteiger partial charge in [0.05, 0.1) is 11.4 Å². The minimum Gasteiger partial charge on any atom is -0.324 e. The quantitative estimate of drug-likeness (QED) is 0.495. The molecule has 25 heavy (non-hydrogen) atoms. The Morgan fingerprint density at radius 1 is 0.800 bits per heavy atom. The van der Waals surface area contributed by atoms with E-state index in [2.05, 4.69) is 4.98 Å². The molecule has 1 heterocycles. The number of rotatable bonds is 8. The molecule has 0 saturated carbocycles. The van der Waals surface area contributed by atoms with Crippen molar-refractivity contribution in [2.75, 3.05) is 0 Å². The molecule has 0 fully saturated rings. The van der Waals surface area contributed by atoms with E-state index in [0.29, 0.717) is 5.56 Å². The summed E-state index contributed by atoms with van der Waals surface area (Å²) in [6, 6.07) is 3.21. The minimum absolute atomic E-state index is 0.171. The third kappa shape index (κ3) is 3.78. The van der Waals surface area contributed by atoms with Gasteiger partial charge in [-0.25, -0.2) is 0 Å². The van der Waals surface area contributed by atoms with Crippen LogP contribution >= 0.6 is 15.2 Å². The fourth-order valence-corrected chi connectivity index (χ4v) is 5.96. The van der Waals surface area contributed by atoms with E-state index in [4.69, 9.17) is 0 Å². The van der Waals surface area contributed by atoms with Crippen LogP contribution in [0.1, 0.15) is 70.3 Å². The van der Waals surface area contributed by atoms with Gasteiger partial charge in [-0.05, 0) is 50.3 Å². The standard InChI is InChI=1S/C16H29NO6P2/c1-6-15(7-2,24(18,19)20)13-10-12(5)11-14(17-13)16(8-3,9-4)25(21,22)23/h10-11H,6-9H2,1-5H3,(H2,18,19,20)(H2,21,22,23). The molecule has 0 bridgehead atoms. The van der Waals surface area contributed by atoms with Gasteiger partial charge in [-0.3, -0.25) is 14.1 Å². The number of nitrogens with zero attached hydrogens (tertiary/aromatic N) is 1. The number of hydrogen-bond acceptors (Lipinski definition) is 3. The van der Waals surface area contributed by atoms with E-state index in [-0.39, 0.29) is 37.1 Å². The molecular weight excluding hydrogens is 364 g/mol. The molecule has 0 aromatic carbocycles. The van der Waals surface area contributed by atoms with Gasteiger partial charge in [0.1, 0.15) is 10.3 Å². The normalized spacial score (nSPS) is 14.0. The third-order valence-electron chi connectivity index (χ3n) is 5.38. The van der Waals surface area contributed by atoms with Gasteiger partial charge in [0.25, 0.3) is 0 Å². The van der Waals surface area contributed by atoms with Crippen LogP contribution in [-0.2, 0) is 19.4 Å². The van der Waals surface area contributed by atoms with Crippen molar-refractivity contribution in [1.29, 1.82) is 0 Å². The Kier molecular flexibility index (Phi) is 6.83. The van der Waals surface area contributed by atoms with Gasteiger partial charge in [-0.1, -0.05) is 27.7 Å². The van der Waals surface area contributed by atoms with Crippen molar-refractivity contribution in [3.63, 3.8) is 0 Å².